The van der Waals surface area contributed by atoms with Gasteiger partial charge in [0.2, 0.25) is 5.91 Å². The number of carbonyl (C=O) groups excluding carboxylic acids is 1. The molecule has 0 saturated heterocycles. The highest BCUT2D eigenvalue weighted by Gasteiger charge is 2.19. The summed E-state index contributed by atoms with van der Waals surface area (Å²) in [5.74, 6) is -0.288. The fourth-order valence-electron chi connectivity index (χ4n) is 1.24. The molecule has 0 fully saturated rings. The van der Waals surface area contributed by atoms with Gasteiger partial charge in [0.25, 0.3) is 0 Å². The van der Waals surface area contributed by atoms with Gasteiger partial charge >= 0.3 is 0 Å². The lowest BCUT2D eigenvalue weighted by Crippen LogP contribution is -2.44. The Kier molecular flexibility index (Phi) is 5.24. The van der Waals surface area contributed by atoms with E-state index in [1.165, 1.54) is 0 Å². The van der Waals surface area contributed by atoms with Crippen LogP contribution in [0.4, 0.5) is 0 Å². The molecule has 0 radical (unpaired) electrons. The predicted molar refractivity (Wildman–Crippen MR) is 61.6 cm³/mol. The van der Waals surface area contributed by atoms with Crippen molar-refractivity contribution in [2.75, 3.05) is 13.2 Å². The number of rotatable bonds is 6. The zero-order chi connectivity index (χ0) is 12.1. The number of amides is 1. The van der Waals surface area contributed by atoms with E-state index < -0.39 is 0 Å². The maximum atomic E-state index is 10.8. The zero-order valence-corrected chi connectivity index (χ0v) is 10.5. The number of ether oxygens (including phenoxy) is 1. The molecule has 3 N–H and O–H groups in total. The van der Waals surface area contributed by atoms with Crippen LogP contribution in [0.25, 0.3) is 0 Å². The van der Waals surface area contributed by atoms with Crippen LogP contribution in [0.1, 0.15) is 41.0 Å². The van der Waals surface area contributed by atoms with Crippen molar-refractivity contribution in [3.8, 4) is 0 Å². The van der Waals surface area contributed by atoms with Gasteiger partial charge in [-0.05, 0) is 34.6 Å². The number of hydrogen-bond donors (Lipinski definition) is 2. The second-order valence-corrected chi connectivity index (χ2v) is 5.41. The Morgan fingerprint density at radius 2 is 1.80 bits per heavy atom. The SMILES string of the molecule is CC(C)(CC(N)=O)NCCOC(C)(C)C. The smallest absolute Gasteiger partial charge is 0.219 e. The highest BCUT2D eigenvalue weighted by atomic mass is 16.5. The summed E-state index contributed by atoms with van der Waals surface area (Å²) >= 11 is 0. The van der Waals surface area contributed by atoms with Gasteiger partial charge in [-0.15, -0.1) is 0 Å². The maximum absolute atomic E-state index is 10.8. The molecule has 0 heterocycles. The third-order valence-electron chi connectivity index (χ3n) is 1.86. The Balaban J connectivity index is 3.71. The molecular formula is C11H24N2O2. The van der Waals surface area contributed by atoms with Crippen LogP contribution in [0.3, 0.4) is 0 Å². The summed E-state index contributed by atoms with van der Waals surface area (Å²) < 4.78 is 5.55. The van der Waals surface area contributed by atoms with Crippen molar-refractivity contribution in [1.29, 1.82) is 0 Å². The third-order valence-corrected chi connectivity index (χ3v) is 1.86. The second-order valence-electron chi connectivity index (χ2n) is 5.41. The van der Waals surface area contributed by atoms with Crippen molar-refractivity contribution in [1.82, 2.24) is 5.32 Å². The van der Waals surface area contributed by atoms with E-state index in [9.17, 15) is 4.79 Å². The summed E-state index contributed by atoms with van der Waals surface area (Å²) in [7, 11) is 0. The fourth-order valence-corrected chi connectivity index (χ4v) is 1.24. The molecule has 0 aromatic rings. The van der Waals surface area contributed by atoms with Crippen LogP contribution in [0.15, 0.2) is 0 Å². The van der Waals surface area contributed by atoms with E-state index in [4.69, 9.17) is 10.5 Å². The maximum Gasteiger partial charge on any atom is 0.219 e. The summed E-state index contributed by atoms with van der Waals surface area (Å²) in [5.41, 5.74) is 4.77. The molecule has 0 rings (SSSR count). The summed E-state index contributed by atoms with van der Waals surface area (Å²) in [6.07, 6.45) is 0.336. The average Bonchev–Trinajstić information content (AvgIpc) is 1.93. The first-order valence-corrected chi connectivity index (χ1v) is 5.30. The number of carbonyl (C=O) groups is 1. The van der Waals surface area contributed by atoms with Crippen molar-refractivity contribution in [3.63, 3.8) is 0 Å². The lowest BCUT2D eigenvalue weighted by molar-refractivity contribution is -0.119. The molecule has 0 atom stereocenters. The van der Waals surface area contributed by atoms with Gasteiger partial charge in [0.05, 0.1) is 12.2 Å². The van der Waals surface area contributed by atoms with Gasteiger partial charge in [-0.1, -0.05) is 0 Å². The Bertz CT molecular complexity index is 207. The quantitative estimate of drug-likeness (QED) is 0.652. The zero-order valence-electron chi connectivity index (χ0n) is 10.5. The molecular weight excluding hydrogens is 192 g/mol. The van der Waals surface area contributed by atoms with Crippen LogP contribution in [0.2, 0.25) is 0 Å². The van der Waals surface area contributed by atoms with Crippen LogP contribution in [0.5, 0.6) is 0 Å². The van der Waals surface area contributed by atoms with E-state index in [0.717, 1.165) is 6.54 Å². The lowest BCUT2D eigenvalue weighted by Gasteiger charge is -2.26. The van der Waals surface area contributed by atoms with Crippen LogP contribution >= 0.6 is 0 Å². The Morgan fingerprint density at radius 1 is 1.27 bits per heavy atom. The van der Waals surface area contributed by atoms with Crippen molar-refractivity contribution in [3.05, 3.63) is 0 Å². The first kappa shape index (κ1) is 14.4. The Morgan fingerprint density at radius 3 is 2.20 bits per heavy atom. The van der Waals surface area contributed by atoms with E-state index >= 15 is 0 Å². The van der Waals surface area contributed by atoms with E-state index in [-0.39, 0.29) is 17.0 Å². The standard InChI is InChI=1S/C11H24N2O2/c1-10(2,3)15-7-6-13-11(4,5)8-9(12)14/h13H,6-8H2,1-5H3,(H2,12,14). The van der Waals surface area contributed by atoms with Crippen LogP contribution in [0, 0.1) is 0 Å². The van der Waals surface area contributed by atoms with E-state index in [1.54, 1.807) is 0 Å². The predicted octanol–water partition coefficient (Wildman–Crippen LogP) is 1.05. The molecule has 0 unspecified atom stereocenters. The summed E-state index contributed by atoms with van der Waals surface area (Å²) in [4.78, 5) is 10.8. The number of nitrogens with one attached hydrogen (secondary N) is 1. The summed E-state index contributed by atoms with van der Waals surface area (Å²) in [6, 6.07) is 0. The van der Waals surface area contributed by atoms with Gasteiger partial charge in [0, 0.05) is 18.5 Å². The van der Waals surface area contributed by atoms with E-state index in [0.29, 0.717) is 13.0 Å². The van der Waals surface area contributed by atoms with Crippen molar-refractivity contribution in [2.24, 2.45) is 5.73 Å². The molecule has 0 spiro atoms. The van der Waals surface area contributed by atoms with Gasteiger partial charge in [0.15, 0.2) is 0 Å². The highest BCUT2D eigenvalue weighted by molar-refractivity contribution is 5.74. The van der Waals surface area contributed by atoms with Crippen molar-refractivity contribution < 1.29 is 9.53 Å². The van der Waals surface area contributed by atoms with Crippen molar-refractivity contribution >= 4 is 5.91 Å². The van der Waals surface area contributed by atoms with Crippen LogP contribution < -0.4 is 11.1 Å². The van der Waals surface area contributed by atoms with E-state index in [1.807, 2.05) is 34.6 Å². The normalized spacial score (nSPS) is 12.9. The molecule has 0 aliphatic heterocycles. The topological polar surface area (TPSA) is 64.4 Å². The second kappa shape index (κ2) is 5.47. The minimum absolute atomic E-state index is 0.116. The van der Waals surface area contributed by atoms with Crippen molar-refractivity contribution in [2.45, 2.75) is 52.2 Å². The first-order valence-electron chi connectivity index (χ1n) is 5.30. The minimum atomic E-state index is -0.288. The summed E-state index contributed by atoms with van der Waals surface area (Å²) in [5, 5.41) is 3.24. The first-order chi connectivity index (χ1) is 6.62. The van der Waals surface area contributed by atoms with Gasteiger partial charge in [-0.2, -0.15) is 0 Å². The molecule has 0 bridgehead atoms. The van der Waals surface area contributed by atoms with Crippen LogP contribution in [-0.4, -0.2) is 30.2 Å². The number of nitrogens with two attached hydrogens (primary N) is 1. The Labute approximate surface area is 92.6 Å². The Hall–Kier alpha value is -0.610. The molecule has 4 heteroatoms. The number of hydrogen-bond acceptors (Lipinski definition) is 3. The molecule has 0 aliphatic rings. The van der Waals surface area contributed by atoms with Gasteiger partial charge in [0.1, 0.15) is 0 Å². The summed E-state index contributed by atoms with van der Waals surface area (Å²) in [6.45, 7) is 11.3. The molecule has 0 aliphatic carbocycles. The molecule has 90 valence electrons. The van der Waals surface area contributed by atoms with E-state index in [2.05, 4.69) is 5.32 Å². The average molecular weight is 216 g/mol. The number of primary amides is 1. The van der Waals surface area contributed by atoms with Gasteiger partial charge in [-0.3, -0.25) is 4.79 Å². The molecule has 1 amide bonds. The monoisotopic (exact) mass is 216 g/mol. The molecule has 0 aromatic carbocycles. The van der Waals surface area contributed by atoms with Gasteiger partial charge < -0.3 is 15.8 Å². The molecule has 15 heavy (non-hydrogen) atoms. The van der Waals surface area contributed by atoms with Crippen LogP contribution in [-0.2, 0) is 9.53 Å². The largest absolute Gasteiger partial charge is 0.375 e. The minimum Gasteiger partial charge on any atom is -0.375 e. The molecule has 0 saturated carbocycles. The highest BCUT2D eigenvalue weighted by Crippen LogP contribution is 2.08. The molecule has 0 aromatic heterocycles. The molecule has 4 nitrogen and oxygen atoms in total. The van der Waals surface area contributed by atoms with Gasteiger partial charge in [-0.25, -0.2) is 0 Å². The third kappa shape index (κ3) is 9.69. The lowest BCUT2D eigenvalue weighted by atomic mass is 10.0. The fraction of sp³-hybridized carbons (Fsp3) is 0.909.